The van der Waals surface area contributed by atoms with Gasteiger partial charge in [-0.3, -0.25) is 4.79 Å². The van der Waals surface area contributed by atoms with Crippen molar-refractivity contribution in [1.82, 2.24) is 14.6 Å². The molecule has 2 aromatic carbocycles. The first-order valence-corrected chi connectivity index (χ1v) is 11.7. The highest BCUT2D eigenvalue weighted by molar-refractivity contribution is 7.20. The van der Waals surface area contributed by atoms with Crippen LogP contribution in [0.3, 0.4) is 0 Å². The van der Waals surface area contributed by atoms with E-state index in [0.29, 0.717) is 0 Å². The van der Waals surface area contributed by atoms with Gasteiger partial charge in [-0.25, -0.2) is 4.98 Å². The zero-order chi connectivity index (χ0) is 23.8. The number of hydrogen-bond donors (Lipinski definition) is 2. The van der Waals surface area contributed by atoms with E-state index in [1.165, 1.54) is 16.9 Å². The van der Waals surface area contributed by atoms with Gasteiger partial charge in [-0.05, 0) is 46.2 Å². The summed E-state index contributed by atoms with van der Waals surface area (Å²) in [7, 11) is 1.87. The van der Waals surface area contributed by atoms with Crippen molar-refractivity contribution in [2.75, 3.05) is 29.1 Å². The third-order valence-corrected chi connectivity index (χ3v) is 6.16. The molecule has 0 saturated heterocycles. The van der Waals surface area contributed by atoms with Crippen LogP contribution in [0.5, 0.6) is 0 Å². The van der Waals surface area contributed by atoms with Gasteiger partial charge in [0, 0.05) is 23.8 Å². The largest absolute Gasteiger partial charge is 0.364 e. The van der Waals surface area contributed by atoms with E-state index in [0.717, 1.165) is 38.4 Å². The maximum Gasteiger partial charge on any atom is 0.243 e. The number of anilines is 3. The summed E-state index contributed by atoms with van der Waals surface area (Å²) in [4.78, 5) is 20.1. The molecule has 0 aliphatic carbocycles. The van der Waals surface area contributed by atoms with Crippen molar-refractivity contribution in [2.45, 2.75) is 40.2 Å². The maximum absolute atomic E-state index is 12.6. The van der Waals surface area contributed by atoms with Crippen molar-refractivity contribution in [1.29, 1.82) is 0 Å². The van der Waals surface area contributed by atoms with Crippen LogP contribution in [0.15, 0.2) is 48.5 Å². The molecule has 0 atom stereocenters. The number of aromatic nitrogens is 3. The lowest BCUT2D eigenvalue weighted by Gasteiger charge is -2.22. The predicted molar refractivity (Wildman–Crippen MR) is 137 cm³/mol. The summed E-state index contributed by atoms with van der Waals surface area (Å²) >= 11 is 1.46. The molecule has 4 rings (SSSR count). The van der Waals surface area contributed by atoms with E-state index >= 15 is 0 Å². The molecular weight excluding hydrogens is 432 g/mol. The maximum atomic E-state index is 12.6. The monoisotopic (exact) mass is 462 g/mol. The number of carbonyl (C=O) groups excluding carboxylic acids is 1. The number of carbonyl (C=O) groups is 1. The van der Waals surface area contributed by atoms with Gasteiger partial charge in [-0.2, -0.15) is 4.52 Å². The number of nitrogens with one attached hydrogen (secondary N) is 2. The predicted octanol–water partition coefficient (Wildman–Crippen LogP) is 5.36. The van der Waals surface area contributed by atoms with E-state index in [1.807, 2.05) is 47.7 Å². The van der Waals surface area contributed by atoms with Crippen LogP contribution >= 0.6 is 11.3 Å². The Hall–Kier alpha value is -3.39. The number of aryl methyl sites for hydroxylation is 2. The smallest absolute Gasteiger partial charge is 0.243 e. The molecule has 7 nitrogen and oxygen atoms in total. The van der Waals surface area contributed by atoms with Gasteiger partial charge in [-0.15, -0.1) is 5.10 Å². The number of rotatable bonds is 6. The minimum Gasteiger partial charge on any atom is -0.364 e. The molecule has 0 aliphatic heterocycles. The Morgan fingerprint density at radius 1 is 1.09 bits per heavy atom. The summed E-state index contributed by atoms with van der Waals surface area (Å²) in [6.45, 7) is 10.6. The van der Waals surface area contributed by atoms with Gasteiger partial charge in [0.2, 0.25) is 16.0 Å². The van der Waals surface area contributed by atoms with Crippen molar-refractivity contribution in [3.05, 3.63) is 59.7 Å². The van der Waals surface area contributed by atoms with E-state index in [1.54, 1.807) is 0 Å². The highest BCUT2D eigenvalue weighted by atomic mass is 32.1. The summed E-state index contributed by atoms with van der Waals surface area (Å²) in [5.74, 6) is 0.759. The normalized spacial score (nSPS) is 11.6. The average Bonchev–Trinajstić information content (AvgIpc) is 3.29. The van der Waals surface area contributed by atoms with Gasteiger partial charge in [-0.1, -0.05) is 59.4 Å². The fourth-order valence-corrected chi connectivity index (χ4v) is 4.32. The van der Waals surface area contributed by atoms with Crippen LogP contribution in [0, 0.1) is 13.8 Å². The molecule has 0 radical (unpaired) electrons. The number of nitrogens with zero attached hydrogens (tertiary/aromatic N) is 4. The van der Waals surface area contributed by atoms with Crippen molar-refractivity contribution < 1.29 is 4.79 Å². The first-order valence-electron chi connectivity index (χ1n) is 10.9. The summed E-state index contributed by atoms with van der Waals surface area (Å²) in [6.07, 6.45) is 0. The molecule has 0 bridgehead atoms. The van der Waals surface area contributed by atoms with Crippen LogP contribution in [0.1, 0.15) is 31.9 Å². The first-order chi connectivity index (χ1) is 15.6. The van der Waals surface area contributed by atoms with Crippen LogP contribution in [0.4, 0.5) is 16.6 Å². The molecule has 0 saturated carbocycles. The Kier molecular flexibility index (Phi) is 6.12. The van der Waals surface area contributed by atoms with Crippen molar-refractivity contribution in [3.63, 3.8) is 0 Å². The fraction of sp³-hybridized carbons (Fsp3) is 0.320. The summed E-state index contributed by atoms with van der Waals surface area (Å²) < 4.78 is 1.84. The molecular formula is C25H30N6OS. The lowest BCUT2D eigenvalue weighted by molar-refractivity contribution is -0.114. The van der Waals surface area contributed by atoms with E-state index < -0.39 is 0 Å². The Bertz CT molecular complexity index is 1280. The molecule has 2 heterocycles. The molecule has 0 aliphatic rings. The van der Waals surface area contributed by atoms with Crippen molar-refractivity contribution >= 4 is 38.8 Å². The van der Waals surface area contributed by atoms with Gasteiger partial charge in [0.15, 0.2) is 5.82 Å². The zero-order valence-corrected chi connectivity index (χ0v) is 20.7. The molecule has 0 unspecified atom stereocenters. The third kappa shape index (κ3) is 5.17. The molecule has 33 heavy (non-hydrogen) atoms. The van der Waals surface area contributed by atoms with Crippen LogP contribution in [0.2, 0.25) is 0 Å². The summed E-state index contributed by atoms with van der Waals surface area (Å²) in [5.41, 5.74) is 4.80. The number of para-hydroxylation sites is 1. The average molecular weight is 463 g/mol. The zero-order valence-electron chi connectivity index (χ0n) is 19.9. The fourth-order valence-electron chi connectivity index (χ4n) is 3.46. The Morgan fingerprint density at radius 2 is 1.79 bits per heavy atom. The third-order valence-electron chi connectivity index (χ3n) is 5.14. The second-order valence-electron chi connectivity index (χ2n) is 9.35. The second kappa shape index (κ2) is 8.86. The van der Waals surface area contributed by atoms with E-state index in [-0.39, 0.29) is 18.0 Å². The van der Waals surface area contributed by atoms with Crippen LogP contribution < -0.4 is 15.5 Å². The molecule has 172 valence electrons. The van der Waals surface area contributed by atoms with Gasteiger partial charge in [0.25, 0.3) is 0 Å². The Balaban J connectivity index is 1.61. The number of fused-ring (bicyclic) bond motifs is 1. The van der Waals surface area contributed by atoms with Crippen molar-refractivity contribution in [3.8, 4) is 11.3 Å². The minimum atomic E-state index is -0.168. The van der Waals surface area contributed by atoms with E-state index in [2.05, 4.69) is 62.6 Å². The van der Waals surface area contributed by atoms with Gasteiger partial charge >= 0.3 is 0 Å². The number of likely N-dealkylation sites (N-methyl/N-ethyl adjacent to an activating group) is 1. The molecule has 2 aromatic heterocycles. The van der Waals surface area contributed by atoms with Gasteiger partial charge in [0.1, 0.15) is 5.69 Å². The Labute approximate surface area is 198 Å². The highest BCUT2D eigenvalue weighted by Gasteiger charge is 2.23. The summed E-state index contributed by atoms with van der Waals surface area (Å²) in [5, 5.41) is 12.1. The lowest BCUT2D eigenvalue weighted by atomic mass is 10.1. The molecule has 8 heteroatoms. The molecule has 0 spiro atoms. The quantitative estimate of drug-likeness (QED) is 0.403. The standard InChI is InChI=1S/C25H30N6OS/c1-16-11-13-18(14-12-16)21-22(28-25(3,4)5)31-23(27-21)33-24(29-31)30(6)15-20(32)26-19-10-8-7-9-17(19)2/h7-14,28H,15H2,1-6H3,(H,26,32). The number of benzene rings is 2. The topological polar surface area (TPSA) is 74.6 Å². The van der Waals surface area contributed by atoms with Crippen molar-refractivity contribution in [2.24, 2.45) is 0 Å². The van der Waals surface area contributed by atoms with Crippen LogP contribution in [-0.4, -0.2) is 39.6 Å². The van der Waals surface area contributed by atoms with Crippen LogP contribution in [-0.2, 0) is 4.79 Å². The van der Waals surface area contributed by atoms with Gasteiger partial charge in [0.05, 0.1) is 6.54 Å². The number of imidazole rings is 1. The SMILES string of the molecule is Cc1ccc(-c2nc3sc(N(C)CC(=O)Nc4ccccc4C)nn3c2NC(C)(C)C)cc1. The molecule has 4 aromatic rings. The van der Waals surface area contributed by atoms with E-state index in [4.69, 9.17) is 10.1 Å². The second-order valence-corrected chi connectivity index (χ2v) is 10.3. The first kappa shape index (κ1) is 22.8. The van der Waals surface area contributed by atoms with Crippen LogP contribution in [0.25, 0.3) is 16.2 Å². The molecule has 0 fully saturated rings. The number of hydrogen-bond acceptors (Lipinski definition) is 6. The lowest BCUT2D eigenvalue weighted by Crippen LogP contribution is -2.30. The number of amides is 1. The summed E-state index contributed by atoms with van der Waals surface area (Å²) in [6, 6.07) is 16.1. The Morgan fingerprint density at radius 3 is 2.45 bits per heavy atom. The minimum absolute atomic E-state index is 0.0898. The molecule has 2 N–H and O–H groups in total. The highest BCUT2D eigenvalue weighted by Crippen LogP contribution is 2.34. The van der Waals surface area contributed by atoms with Gasteiger partial charge < -0.3 is 15.5 Å². The molecule has 1 amide bonds. The van der Waals surface area contributed by atoms with E-state index in [9.17, 15) is 4.79 Å².